The van der Waals surface area contributed by atoms with E-state index in [9.17, 15) is 15.1 Å². The minimum absolute atomic E-state index is 0.162. The average molecular weight is 510 g/mol. The lowest BCUT2D eigenvalue weighted by molar-refractivity contribution is -0.131. The van der Waals surface area contributed by atoms with Gasteiger partial charge in [-0.1, -0.05) is 63.3 Å². The molecule has 5 N–H and O–H groups in total. The monoisotopic (exact) mass is 509 g/mol. The smallest absolute Gasteiger partial charge is 0.251 e. The Balaban J connectivity index is 1.74. The molecule has 0 fully saturated rings. The van der Waals surface area contributed by atoms with Gasteiger partial charge in [0, 0.05) is 24.8 Å². The number of hydrazine groups is 1. The maximum atomic E-state index is 13.2. The van der Waals surface area contributed by atoms with Gasteiger partial charge in [-0.15, -0.1) is 0 Å². The maximum Gasteiger partial charge on any atom is 0.251 e. The molecule has 3 rings (SSSR count). The molecule has 4 atom stereocenters. The van der Waals surface area contributed by atoms with Crippen molar-refractivity contribution in [2.24, 2.45) is 11.3 Å². The number of aliphatic hydroxyl groups is 1. The van der Waals surface area contributed by atoms with E-state index in [1.807, 2.05) is 63.2 Å². The van der Waals surface area contributed by atoms with Crippen LogP contribution in [0.15, 0.2) is 60.8 Å². The van der Waals surface area contributed by atoms with Crippen LogP contribution in [0.4, 0.5) is 0 Å². The van der Waals surface area contributed by atoms with Crippen molar-refractivity contribution in [2.75, 3.05) is 13.6 Å². The lowest BCUT2D eigenvalue weighted by Gasteiger charge is -2.34. The fraction of sp³-hybridized carbons (Fsp3) is 0.517. The van der Waals surface area contributed by atoms with Crippen molar-refractivity contribution in [3.05, 3.63) is 66.4 Å². The first-order chi connectivity index (χ1) is 17.7. The lowest BCUT2D eigenvalue weighted by atomic mass is 9.86. The summed E-state index contributed by atoms with van der Waals surface area (Å²) in [6.45, 7) is 6.58. The third-order valence-electron chi connectivity index (χ3n) is 6.98. The molecule has 3 unspecified atom stereocenters. The van der Waals surface area contributed by atoms with Crippen molar-refractivity contribution < 1.29 is 15.1 Å². The van der Waals surface area contributed by atoms with Gasteiger partial charge in [-0.3, -0.25) is 15.2 Å². The second-order valence-corrected chi connectivity index (χ2v) is 11.0. The molecule has 0 saturated carbocycles. The van der Waals surface area contributed by atoms with Gasteiger partial charge in [-0.25, -0.2) is 5.01 Å². The van der Waals surface area contributed by atoms with Gasteiger partial charge in [0.05, 0.1) is 23.9 Å². The van der Waals surface area contributed by atoms with Gasteiger partial charge in [0.15, 0.2) is 0 Å². The molecule has 1 heterocycles. The Morgan fingerprint density at radius 3 is 2.49 bits per heavy atom. The van der Waals surface area contributed by atoms with Crippen molar-refractivity contribution in [2.45, 2.75) is 71.2 Å². The number of nitrogens with one attached hydrogen (secondary N) is 3. The van der Waals surface area contributed by atoms with Crippen LogP contribution < -0.4 is 16.2 Å². The Bertz CT molecular complexity index is 991. The number of hydrogen-bond donors (Lipinski definition) is 5. The predicted molar refractivity (Wildman–Crippen MR) is 146 cm³/mol. The summed E-state index contributed by atoms with van der Waals surface area (Å²) in [5.41, 5.74) is 7.93. The molecule has 1 aliphatic rings. The number of hydrogen-bond acceptors (Lipinski definition) is 7. The Hall–Kier alpha value is -2.62. The summed E-state index contributed by atoms with van der Waals surface area (Å²) >= 11 is 0. The molecule has 8 heteroatoms. The quantitative estimate of drug-likeness (QED) is 0.219. The van der Waals surface area contributed by atoms with E-state index in [-0.39, 0.29) is 17.9 Å². The Morgan fingerprint density at radius 1 is 1.16 bits per heavy atom. The summed E-state index contributed by atoms with van der Waals surface area (Å²) in [4.78, 5) is 17.6. The Kier molecular flexibility index (Phi) is 10.8. The van der Waals surface area contributed by atoms with Crippen molar-refractivity contribution in [3.8, 4) is 11.3 Å². The van der Waals surface area contributed by atoms with E-state index in [1.54, 1.807) is 18.3 Å². The number of aromatic nitrogens is 1. The van der Waals surface area contributed by atoms with Crippen molar-refractivity contribution in [3.63, 3.8) is 0 Å². The highest BCUT2D eigenvalue weighted by atomic mass is 16.5. The first kappa shape index (κ1) is 28.9. The van der Waals surface area contributed by atoms with Gasteiger partial charge < -0.3 is 15.6 Å². The molecule has 1 aromatic heterocycles. The van der Waals surface area contributed by atoms with Crippen molar-refractivity contribution in [1.82, 2.24) is 26.2 Å². The molecule has 0 bridgehead atoms. The molecule has 0 saturated heterocycles. The number of aliphatic hydroxyl groups excluding tert-OH is 1. The Labute approximate surface area is 221 Å². The number of carbonyl (C=O) groups is 1. The van der Waals surface area contributed by atoms with Crippen LogP contribution in [-0.2, 0) is 11.3 Å². The van der Waals surface area contributed by atoms with Crippen molar-refractivity contribution >= 4 is 5.91 Å². The highest BCUT2D eigenvalue weighted by Gasteiger charge is 2.32. The second-order valence-electron chi connectivity index (χ2n) is 11.0. The number of allylic oxidation sites excluding steroid dienone is 2. The van der Waals surface area contributed by atoms with Gasteiger partial charge in [0.2, 0.25) is 0 Å². The second kappa shape index (κ2) is 13.8. The zero-order chi connectivity index (χ0) is 26.8. The van der Waals surface area contributed by atoms with Crippen LogP contribution in [0.1, 0.15) is 52.0 Å². The zero-order valence-electron chi connectivity index (χ0n) is 22.5. The largest absolute Gasteiger partial charge is 0.390 e. The van der Waals surface area contributed by atoms with Crippen LogP contribution >= 0.6 is 0 Å². The molecule has 37 heavy (non-hydrogen) atoms. The summed E-state index contributed by atoms with van der Waals surface area (Å²) in [6.07, 6.45) is 8.90. The lowest BCUT2D eigenvalue weighted by Crippen LogP contribution is -2.57. The normalized spacial score (nSPS) is 18.4. The first-order valence-electron chi connectivity index (χ1n) is 13.2. The summed E-state index contributed by atoms with van der Waals surface area (Å²) in [6, 6.07) is 12.9. The molecule has 0 aliphatic heterocycles. The van der Waals surface area contributed by atoms with Crippen LogP contribution in [0, 0.1) is 11.3 Å². The number of hydroxylamine groups is 1. The average Bonchev–Trinajstić information content (AvgIpc) is 2.88. The van der Waals surface area contributed by atoms with Gasteiger partial charge in [-0.05, 0) is 61.8 Å². The minimum Gasteiger partial charge on any atom is -0.390 e. The standard InChI is InChI=1S/C29H43N5O3/c1-29(2,3)27(30-4)28(36)32-34(20-26(35)25(33-37)18-21-10-6-5-7-11-21)19-22-13-15-23(16-14-22)24-12-8-9-17-31-24/h5-6,8-9,12-17,21,25-27,30,33,35,37H,7,10-11,18-20H2,1-4H3,(H,32,36)/t21-,25?,26?,27?/m1/s1. The highest BCUT2D eigenvalue weighted by molar-refractivity contribution is 5.82. The SMILES string of the molecule is CNC(C(=O)NN(Cc1ccc(-c2ccccn2)cc1)CC(O)C(C[C@@H]1CC=CCC1)NO)C(C)(C)C. The van der Waals surface area contributed by atoms with E-state index in [2.05, 4.69) is 33.4 Å². The zero-order valence-corrected chi connectivity index (χ0v) is 22.5. The van der Waals surface area contributed by atoms with E-state index in [0.717, 1.165) is 36.1 Å². The van der Waals surface area contributed by atoms with Gasteiger partial charge in [-0.2, -0.15) is 5.48 Å². The number of benzene rings is 1. The summed E-state index contributed by atoms with van der Waals surface area (Å²) in [7, 11) is 1.77. The van der Waals surface area contributed by atoms with Gasteiger partial charge in [0.1, 0.15) is 0 Å². The molecule has 8 nitrogen and oxygen atoms in total. The van der Waals surface area contributed by atoms with E-state index in [1.165, 1.54) is 0 Å². The number of amides is 1. The number of rotatable bonds is 12. The van der Waals surface area contributed by atoms with E-state index < -0.39 is 18.2 Å². The number of nitrogens with zero attached hydrogens (tertiary/aromatic N) is 2. The Morgan fingerprint density at radius 2 is 1.92 bits per heavy atom. The fourth-order valence-corrected chi connectivity index (χ4v) is 4.94. The first-order valence-corrected chi connectivity index (χ1v) is 13.2. The number of pyridine rings is 1. The third kappa shape index (κ3) is 8.72. The summed E-state index contributed by atoms with van der Waals surface area (Å²) in [5.74, 6) is 0.235. The third-order valence-corrected chi connectivity index (χ3v) is 6.98. The van der Waals surface area contributed by atoms with Crippen LogP contribution in [0.25, 0.3) is 11.3 Å². The van der Waals surface area contributed by atoms with E-state index >= 15 is 0 Å². The van der Waals surface area contributed by atoms with E-state index in [0.29, 0.717) is 18.9 Å². The minimum atomic E-state index is -0.883. The maximum absolute atomic E-state index is 13.2. The molecule has 0 spiro atoms. The van der Waals surface area contributed by atoms with Crippen LogP contribution in [0.5, 0.6) is 0 Å². The van der Waals surface area contributed by atoms with Crippen LogP contribution in [0.2, 0.25) is 0 Å². The predicted octanol–water partition coefficient (Wildman–Crippen LogP) is 3.67. The fourth-order valence-electron chi connectivity index (χ4n) is 4.94. The molecule has 1 amide bonds. The van der Waals surface area contributed by atoms with Gasteiger partial charge in [0.25, 0.3) is 5.91 Å². The molecule has 1 aromatic carbocycles. The molecule has 2 aromatic rings. The molecular weight excluding hydrogens is 466 g/mol. The van der Waals surface area contributed by atoms with Gasteiger partial charge >= 0.3 is 0 Å². The molecule has 1 aliphatic carbocycles. The molecule has 0 radical (unpaired) electrons. The van der Waals surface area contributed by atoms with E-state index in [4.69, 9.17) is 0 Å². The molecular formula is C29H43N5O3. The molecule has 202 valence electrons. The number of carbonyl (C=O) groups excluding carboxylic acids is 1. The number of likely N-dealkylation sites (N-methyl/N-ethyl adjacent to an activating group) is 1. The summed E-state index contributed by atoms with van der Waals surface area (Å²) in [5, 5.41) is 25.8. The van der Waals surface area contributed by atoms with Crippen LogP contribution in [0.3, 0.4) is 0 Å². The van der Waals surface area contributed by atoms with Crippen molar-refractivity contribution in [1.29, 1.82) is 0 Å². The summed E-state index contributed by atoms with van der Waals surface area (Å²) < 4.78 is 0. The van der Waals surface area contributed by atoms with Crippen LogP contribution in [-0.4, -0.2) is 58.0 Å². The topological polar surface area (TPSA) is 110 Å². The highest BCUT2D eigenvalue weighted by Crippen LogP contribution is 2.24.